The standard InChI is InChI=1S/C16H19FN2O/c1-10-5-7-13(16(20-4)11(10)2)15(18-3)14-8-6-12(17)9-19-14/h5-9,15,18H,1-4H3. The number of ether oxygens (including phenoxy) is 1. The zero-order valence-electron chi connectivity index (χ0n) is 12.2. The third kappa shape index (κ3) is 2.65. The lowest BCUT2D eigenvalue weighted by molar-refractivity contribution is 0.401. The van der Waals surface area contributed by atoms with Crippen molar-refractivity contribution in [1.29, 1.82) is 0 Å². The Morgan fingerprint density at radius 2 is 1.95 bits per heavy atom. The van der Waals surface area contributed by atoms with E-state index in [4.69, 9.17) is 4.74 Å². The Kier molecular flexibility index (Phi) is 4.35. The predicted octanol–water partition coefficient (Wildman–Crippen LogP) is 3.15. The van der Waals surface area contributed by atoms with Gasteiger partial charge in [-0.3, -0.25) is 4.98 Å². The van der Waals surface area contributed by atoms with Gasteiger partial charge in [-0.05, 0) is 44.2 Å². The van der Waals surface area contributed by atoms with Crippen LogP contribution in [0.4, 0.5) is 4.39 Å². The van der Waals surface area contributed by atoms with Gasteiger partial charge >= 0.3 is 0 Å². The van der Waals surface area contributed by atoms with Crippen molar-refractivity contribution in [2.75, 3.05) is 14.2 Å². The second-order valence-electron chi connectivity index (χ2n) is 4.75. The lowest BCUT2D eigenvalue weighted by atomic mass is 9.97. The van der Waals surface area contributed by atoms with Crippen molar-refractivity contribution < 1.29 is 9.13 Å². The van der Waals surface area contributed by atoms with Crippen molar-refractivity contribution in [3.05, 3.63) is 58.7 Å². The fraction of sp³-hybridized carbons (Fsp3) is 0.312. The van der Waals surface area contributed by atoms with E-state index in [9.17, 15) is 4.39 Å². The molecule has 1 heterocycles. The van der Waals surface area contributed by atoms with Gasteiger partial charge in [-0.2, -0.15) is 0 Å². The molecule has 0 aliphatic rings. The molecule has 0 saturated carbocycles. The molecule has 1 unspecified atom stereocenters. The zero-order chi connectivity index (χ0) is 14.7. The molecule has 0 spiro atoms. The minimum absolute atomic E-state index is 0.134. The maximum Gasteiger partial charge on any atom is 0.141 e. The first kappa shape index (κ1) is 14.5. The molecule has 2 aromatic rings. The number of halogens is 1. The third-order valence-electron chi connectivity index (χ3n) is 3.56. The molecule has 20 heavy (non-hydrogen) atoms. The monoisotopic (exact) mass is 274 g/mol. The first-order chi connectivity index (χ1) is 9.58. The smallest absolute Gasteiger partial charge is 0.141 e. The molecule has 1 N–H and O–H groups in total. The van der Waals surface area contributed by atoms with E-state index >= 15 is 0 Å². The molecule has 0 amide bonds. The highest BCUT2D eigenvalue weighted by atomic mass is 19.1. The van der Waals surface area contributed by atoms with Crippen LogP contribution in [0.5, 0.6) is 5.75 Å². The van der Waals surface area contributed by atoms with E-state index < -0.39 is 0 Å². The van der Waals surface area contributed by atoms with Gasteiger partial charge in [0.1, 0.15) is 11.6 Å². The third-order valence-corrected chi connectivity index (χ3v) is 3.56. The van der Waals surface area contributed by atoms with Crippen molar-refractivity contribution in [3.63, 3.8) is 0 Å². The van der Waals surface area contributed by atoms with Gasteiger partial charge in [0.2, 0.25) is 0 Å². The molecule has 0 saturated heterocycles. The van der Waals surface area contributed by atoms with E-state index in [0.717, 1.165) is 22.6 Å². The maximum absolute atomic E-state index is 13.0. The summed E-state index contributed by atoms with van der Waals surface area (Å²) in [6.07, 6.45) is 1.23. The normalized spacial score (nSPS) is 12.2. The number of hydrogen-bond donors (Lipinski definition) is 1. The average Bonchev–Trinajstić information content (AvgIpc) is 2.45. The quantitative estimate of drug-likeness (QED) is 0.930. The number of pyridine rings is 1. The van der Waals surface area contributed by atoms with Gasteiger partial charge in [-0.1, -0.05) is 12.1 Å². The van der Waals surface area contributed by atoms with Gasteiger partial charge in [0.05, 0.1) is 25.0 Å². The van der Waals surface area contributed by atoms with E-state index in [1.165, 1.54) is 17.8 Å². The molecular weight excluding hydrogens is 255 g/mol. The molecule has 0 bridgehead atoms. The van der Waals surface area contributed by atoms with Crippen LogP contribution in [-0.4, -0.2) is 19.1 Å². The molecule has 2 rings (SSSR count). The Morgan fingerprint density at radius 3 is 2.50 bits per heavy atom. The summed E-state index contributed by atoms with van der Waals surface area (Å²) in [6, 6.07) is 7.05. The number of hydrogen-bond acceptors (Lipinski definition) is 3. The van der Waals surface area contributed by atoms with Crippen molar-refractivity contribution in [3.8, 4) is 5.75 Å². The van der Waals surface area contributed by atoms with E-state index in [2.05, 4.69) is 16.4 Å². The van der Waals surface area contributed by atoms with Crippen LogP contribution >= 0.6 is 0 Å². The van der Waals surface area contributed by atoms with Crippen LogP contribution in [-0.2, 0) is 0 Å². The van der Waals surface area contributed by atoms with E-state index in [1.807, 2.05) is 27.0 Å². The highest BCUT2D eigenvalue weighted by molar-refractivity contribution is 5.48. The van der Waals surface area contributed by atoms with Gasteiger partial charge in [0.25, 0.3) is 0 Å². The van der Waals surface area contributed by atoms with Crippen LogP contribution in [0.25, 0.3) is 0 Å². The Morgan fingerprint density at radius 1 is 1.20 bits per heavy atom. The van der Waals surface area contributed by atoms with E-state index in [1.54, 1.807) is 13.2 Å². The second-order valence-corrected chi connectivity index (χ2v) is 4.75. The summed E-state index contributed by atoms with van der Waals surface area (Å²) in [6.45, 7) is 4.08. The zero-order valence-corrected chi connectivity index (χ0v) is 12.2. The first-order valence-corrected chi connectivity index (χ1v) is 6.51. The van der Waals surface area contributed by atoms with Crippen molar-refractivity contribution in [2.45, 2.75) is 19.9 Å². The first-order valence-electron chi connectivity index (χ1n) is 6.51. The van der Waals surface area contributed by atoms with Crippen LogP contribution in [0.1, 0.15) is 28.4 Å². The molecule has 0 radical (unpaired) electrons. The summed E-state index contributed by atoms with van der Waals surface area (Å²) in [7, 11) is 3.51. The SMILES string of the molecule is CNC(c1ccc(F)cn1)c1ccc(C)c(C)c1OC. The molecular formula is C16H19FN2O. The second kappa shape index (κ2) is 6.01. The number of benzene rings is 1. The van der Waals surface area contributed by atoms with Gasteiger partial charge < -0.3 is 10.1 Å². The molecule has 106 valence electrons. The van der Waals surface area contributed by atoms with Gasteiger partial charge in [-0.25, -0.2) is 4.39 Å². The highest BCUT2D eigenvalue weighted by Crippen LogP contribution is 2.33. The minimum Gasteiger partial charge on any atom is -0.496 e. The fourth-order valence-electron chi connectivity index (χ4n) is 2.33. The Balaban J connectivity index is 2.52. The van der Waals surface area contributed by atoms with Crippen molar-refractivity contribution in [1.82, 2.24) is 10.3 Å². The topological polar surface area (TPSA) is 34.2 Å². The molecule has 4 heteroatoms. The predicted molar refractivity (Wildman–Crippen MR) is 77.6 cm³/mol. The number of aromatic nitrogens is 1. The summed E-state index contributed by atoms with van der Waals surface area (Å²) >= 11 is 0. The molecule has 0 fully saturated rings. The summed E-state index contributed by atoms with van der Waals surface area (Å²) in [4.78, 5) is 4.16. The lowest BCUT2D eigenvalue weighted by Gasteiger charge is -2.21. The van der Waals surface area contributed by atoms with Crippen LogP contribution in [0.15, 0.2) is 30.5 Å². The van der Waals surface area contributed by atoms with Crippen LogP contribution < -0.4 is 10.1 Å². The Labute approximate surface area is 118 Å². The van der Waals surface area contributed by atoms with Crippen molar-refractivity contribution >= 4 is 0 Å². The van der Waals surface area contributed by atoms with Crippen LogP contribution in [0, 0.1) is 19.7 Å². The number of methoxy groups -OCH3 is 1. The molecule has 0 aliphatic carbocycles. The van der Waals surface area contributed by atoms with Gasteiger partial charge in [-0.15, -0.1) is 0 Å². The molecule has 3 nitrogen and oxygen atoms in total. The summed E-state index contributed by atoms with van der Waals surface area (Å²) < 4.78 is 18.6. The van der Waals surface area contributed by atoms with Crippen LogP contribution in [0.3, 0.4) is 0 Å². The number of rotatable bonds is 4. The Bertz CT molecular complexity index is 596. The number of nitrogens with one attached hydrogen (secondary N) is 1. The summed E-state index contributed by atoms with van der Waals surface area (Å²) in [5.41, 5.74) is 4.03. The average molecular weight is 274 g/mol. The maximum atomic E-state index is 13.0. The minimum atomic E-state index is -0.337. The van der Waals surface area contributed by atoms with Gasteiger partial charge in [0.15, 0.2) is 0 Å². The lowest BCUT2D eigenvalue weighted by Crippen LogP contribution is -2.20. The van der Waals surface area contributed by atoms with E-state index in [0.29, 0.717) is 0 Å². The Hall–Kier alpha value is -1.94. The molecule has 1 aromatic carbocycles. The van der Waals surface area contributed by atoms with Crippen molar-refractivity contribution in [2.24, 2.45) is 0 Å². The number of aryl methyl sites for hydroxylation is 1. The molecule has 1 atom stereocenters. The molecule has 0 aliphatic heterocycles. The fourth-order valence-corrected chi connectivity index (χ4v) is 2.33. The van der Waals surface area contributed by atoms with E-state index in [-0.39, 0.29) is 11.9 Å². The summed E-state index contributed by atoms with van der Waals surface area (Å²) in [5.74, 6) is 0.506. The summed E-state index contributed by atoms with van der Waals surface area (Å²) in [5, 5.41) is 3.21. The largest absolute Gasteiger partial charge is 0.496 e. The highest BCUT2D eigenvalue weighted by Gasteiger charge is 2.19. The van der Waals surface area contributed by atoms with Crippen LogP contribution in [0.2, 0.25) is 0 Å². The molecule has 1 aromatic heterocycles. The van der Waals surface area contributed by atoms with Gasteiger partial charge in [0, 0.05) is 5.56 Å². The number of nitrogens with zero attached hydrogens (tertiary/aromatic N) is 1.